The van der Waals surface area contributed by atoms with Crippen molar-refractivity contribution in [3.8, 4) is 0 Å². The number of urea groups is 1. The molecule has 0 aliphatic rings. The van der Waals surface area contributed by atoms with Crippen molar-refractivity contribution in [2.45, 2.75) is 19.1 Å². The molecule has 0 bridgehead atoms. The molecule has 0 fully saturated rings. The van der Waals surface area contributed by atoms with Gasteiger partial charge in [-0.3, -0.25) is 10.4 Å². The molecule has 0 aliphatic carbocycles. The molecule has 2 aromatic heterocycles. The summed E-state index contributed by atoms with van der Waals surface area (Å²) in [7, 11) is 0. The van der Waals surface area contributed by atoms with Gasteiger partial charge in [0.05, 0.1) is 11.7 Å². The van der Waals surface area contributed by atoms with Crippen molar-refractivity contribution in [3.05, 3.63) is 59.5 Å². The molecule has 2 amide bonds. The van der Waals surface area contributed by atoms with E-state index in [0.717, 1.165) is 13.0 Å². The van der Waals surface area contributed by atoms with Gasteiger partial charge in [0, 0.05) is 28.1 Å². The average Bonchev–Trinajstić information content (AvgIpc) is 3.26. The van der Waals surface area contributed by atoms with E-state index in [-0.39, 0.29) is 16.6 Å². The number of H-pyrrole nitrogens is 1. The molecule has 2 heterocycles. The highest BCUT2D eigenvalue weighted by Crippen LogP contribution is 2.39. The lowest BCUT2D eigenvalue weighted by molar-refractivity contribution is -0.0664. The van der Waals surface area contributed by atoms with Gasteiger partial charge < -0.3 is 9.73 Å². The quantitative estimate of drug-likeness (QED) is 0.315. The van der Waals surface area contributed by atoms with E-state index in [2.05, 4.69) is 15.5 Å². The zero-order valence-electron chi connectivity index (χ0n) is 15.2. The number of fused-ring (bicyclic) bond motifs is 2. The zero-order chi connectivity index (χ0) is 21.6. The number of aromatic amines is 1. The third-order valence-electron chi connectivity index (χ3n) is 4.58. The summed E-state index contributed by atoms with van der Waals surface area (Å²) >= 11 is 0. The van der Waals surface area contributed by atoms with E-state index in [1.165, 1.54) is 23.6 Å². The highest BCUT2D eigenvalue weighted by atomic mass is 19.3. The van der Waals surface area contributed by atoms with Crippen molar-refractivity contribution in [2.24, 2.45) is 0 Å². The number of hydrogen-bond acceptors (Lipinski definition) is 3. The van der Waals surface area contributed by atoms with Crippen LogP contribution in [0.25, 0.3) is 21.9 Å². The van der Waals surface area contributed by atoms with Crippen molar-refractivity contribution in [2.75, 3.05) is 5.32 Å². The Morgan fingerprint density at radius 1 is 1.23 bits per heavy atom. The summed E-state index contributed by atoms with van der Waals surface area (Å²) in [5.74, 6) is -7.00. The van der Waals surface area contributed by atoms with Crippen molar-refractivity contribution < 1.29 is 31.2 Å². The molecule has 0 saturated heterocycles. The predicted molar refractivity (Wildman–Crippen MR) is 97.9 cm³/mol. The second-order valence-corrected chi connectivity index (χ2v) is 6.58. The van der Waals surface area contributed by atoms with Crippen LogP contribution in [0.5, 0.6) is 0 Å². The van der Waals surface area contributed by atoms with Gasteiger partial charge in [0.25, 0.3) is 6.43 Å². The van der Waals surface area contributed by atoms with Crippen LogP contribution < -0.4 is 10.6 Å². The number of aromatic nitrogens is 2. The molecule has 3 N–H and O–H groups in total. The molecule has 156 valence electrons. The zero-order valence-corrected chi connectivity index (χ0v) is 15.2. The summed E-state index contributed by atoms with van der Waals surface area (Å²) in [5, 5.41) is 10.7. The topological polar surface area (TPSA) is 83.0 Å². The molecule has 0 radical (unpaired) electrons. The lowest BCUT2D eigenvalue weighted by Crippen LogP contribution is -2.49. The Labute approximate surface area is 165 Å². The smallest absolute Gasteiger partial charge is 0.322 e. The van der Waals surface area contributed by atoms with Gasteiger partial charge in [0.2, 0.25) is 0 Å². The van der Waals surface area contributed by atoms with Crippen LogP contribution in [0.1, 0.15) is 11.3 Å². The minimum atomic E-state index is -3.80. The highest BCUT2D eigenvalue weighted by molar-refractivity contribution is 5.93. The third kappa shape index (κ3) is 3.21. The van der Waals surface area contributed by atoms with Crippen LogP contribution >= 0.6 is 0 Å². The van der Waals surface area contributed by atoms with Gasteiger partial charge in [-0.15, -0.1) is 0 Å². The number of alkyl halides is 3. The van der Waals surface area contributed by atoms with Crippen molar-refractivity contribution >= 4 is 33.6 Å². The molecule has 1 atom stereocenters. The number of carbonyl (C=O) groups excluding carboxylic acids is 1. The molecule has 11 heteroatoms. The summed E-state index contributed by atoms with van der Waals surface area (Å²) in [6.45, 7) is 1.16. The Bertz CT molecular complexity index is 1270. The molecular formula is C19H13F5N4O2. The summed E-state index contributed by atoms with van der Waals surface area (Å²) < 4.78 is 75.0. The summed E-state index contributed by atoms with van der Waals surface area (Å²) in [6, 6.07) is 4.52. The van der Waals surface area contributed by atoms with E-state index in [4.69, 9.17) is 4.42 Å². The second-order valence-electron chi connectivity index (χ2n) is 6.58. The fourth-order valence-corrected chi connectivity index (χ4v) is 3.15. The van der Waals surface area contributed by atoms with E-state index in [0.29, 0.717) is 17.0 Å². The normalized spacial score (nSPS) is 13.7. The number of carbonyl (C=O) groups is 1. The number of halogens is 5. The Hall–Kier alpha value is -3.63. The molecule has 0 saturated carbocycles. The molecular weight excluding hydrogens is 411 g/mol. The SMILES string of the molecule is Cc1c(C(F)(NC(=O)Nc2ccc3[nH]ncc3c2)C(F)F)oc2c(F)cc(F)cc12. The summed E-state index contributed by atoms with van der Waals surface area (Å²) in [5.41, 5.74) is -0.0153. The van der Waals surface area contributed by atoms with Gasteiger partial charge in [-0.25, -0.2) is 26.7 Å². The maximum Gasteiger partial charge on any atom is 0.322 e. The molecule has 4 aromatic rings. The first kappa shape index (κ1) is 19.7. The van der Waals surface area contributed by atoms with E-state index >= 15 is 4.39 Å². The Morgan fingerprint density at radius 3 is 2.73 bits per heavy atom. The van der Waals surface area contributed by atoms with Gasteiger partial charge in [-0.2, -0.15) is 5.10 Å². The van der Waals surface area contributed by atoms with Crippen molar-refractivity contribution in [3.63, 3.8) is 0 Å². The summed E-state index contributed by atoms with van der Waals surface area (Å²) in [6.07, 6.45) is -2.30. The van der Waals surface area contributed by atoms with E-state index < -0.39 is 41.2 Å². The number of furan rings is 1. The number of aryl methyl sites for hydroxylation is 1. The van der Waals surface area contributed by atoms with E-state index in [1.54, 1.807) is 6.07 Å². The fourth-order valence-electron chi connectivity index (χ4n) is 3.15. The fraction of sp³-hybridized carbons (Fsp3) is 0.158. The van der Waals surface area contributed by atoms with Gasteiger partial charge in [0.1, 0.15) is 5.82 Å². The maximum absolute atomic E-state index is 15.3. The molecule has 6 nitrogen and oxygen atoms in total. The average molecular weight is 424 g/mol. The van der Waals surface area contributed by atoms with Crippen LogP contribution in [0.2, 0.25) is 0 Å². The van der Waals surface area contributed by atoms with Gasteiger partial charge in [0.15, 0.2) is 17.2 Å². The first-order valence-corrected chi connectivity index (χ1v) is 8.57. The van der Waals surface area contributed by atoms with Gasteiger partial charge >= 0.3 is 11.8 Å². The standard InChI is InChI=1S/C19H13F5N4O2/c1-8-12-5-10(20)6-13(21)15(12)30-16(8)19(24,17(22)23)27-18(29)26-11-2-3-14-9(4-11)7-25-28-14/h2-7,17H,1H3,(H,25,28)(H2,26,27,29). The largest absolute Gasteiger partial charge is 0.452 e. The van der Waals surface area contributed by atoms with Crippen LogP contribution in [0.4, 0.5) is 32.4 Å². The van der Waals surface area contributed by atoms with Crippen LogP contribution in [0, 0.1) is 18.6 Å². The van der Waals surface area contributed by atoms with Crippen molar-refractivity contribution in [1.82, 2.24) is 15.5 Å². The lowest BCUT2D eigenvalue weighted by atomic mass is 10.1. The Balaban J connectivity index is 1.67. The van der Waals surface area contributed by atoms with Gasteiger partial charge in [-0.05, 0) is 31.2 Å². The molecule has 30 heavy (non-hydrogen) atoms. The lowest BCUT2D eigenvalue weighted by Gasteiger charge is -2.24. The van der Waals surface area contributed by atoms with Gasteiger partial charge in [-0.1, -0.05) is 0 Å². The number of anilines is 1. The number of amides is 2. The van der Waals surface area contributed by atoms with Crippen molar-refractivity contribution in [1.29, 1.82) is 0 Å². The minimum Gasteiger partial charge on any atom is -0.452 e. The molecule has 1 unspecified atom stereocenters. The first-order chi connectivity index (χ1) is 14.2. The van der Waals surface area contributed by atoms with E-state index in [9.17, 15) is 22.4 Å². The summed E-state index contributed by atoms with van der Waals surface area (Å²) in [4.78, 5) is 12.2. The third-order valence-corrected chi connectivity index (χ3v) is 4.58. The molecule has 4 rings (SSSR count). The monoisotopic (exact) mass is 424 g/mol. The predicted octanol–water partition coefficient (Wildman–Crippen LogP) is 5.10. The van der Waals surface area contributed by atoms with Crippen LogP contribution in [0.15, 0.2) is 40.9 Å². The van der Waals surface area contributed by atoms with E-state index in [1.807, 2.05) is 0 Å². The maximum atomic E-state index is 15.3. The molecule has 0 spiro atoms. The molecule has 0 aliphatic heterocycles. The number of nitrogens with zero attached hydrogens (tertiary/aromatic N) is 1. The highest BCUT2D eigenvalue weighted by Gasteiger charge is 2.49. The number of benzene rings is 2. The first-order valence-electron chi connectivity index (χ1n) is 8.57. The van der Waals surface area contributed by atoms with Crippen LogP contribution in [-0.4, -0.2) is 22.7 Å². The number of rotatable bonds is 4. The second kappa shape index (κ2) is 7.01. The van der Waals surface area contributed by atoms with Crippen LogP contribution in [-0.2, 0) is 5.79 Å². The Kier molecular flexibility index (Phi) is 4.60. The number of nitrogens with one attached hydrogen (secondary N) is 3. The number of hydrogen-bond donors (Lipinski definition) is 3. The minimum absolute atomic E-state index is 0.187. The Morgan fingerprint density at radius 2 is 2.00 bits per heavy atom. The van der Waals surface area contributed by atoms with Crippen LogP contribution in [0.3, 0.4) is 0 Å². The molecule has 2 aromatic carbocycles.